The van der Waals surface area contributed by atoms with Crippen LogP contribution in [0.3, 0.4) is 0 Å². The number of likely N-dealkylation sites (N-methyl/N-ethyl adjacent to an activating group) is 1. The van der Waals surface area contributed by atoms with Crippen LogP contribution >= 0.6 is 0 Å². The topological polar surface area (TPSA) is 107 Å². The van der Waals surface area contributed by atoms with Crippen molar-refractivity contribution in [2.45, 2.75) is 45.6 Å². The molecular formula is C20H26N6O3. The number of nitrogens with one attached hydrogen (secondary N) is 1. The highest BCUT2D eigenvalue weighted by Crippen LogP contribution is 2.57. The van der Waals surface area contributed by atoms with Gasteiger partial charge in [0, 0.05) is 25.6 Å². The van der Waals surface area contributed by atoms with Crippen molar-refractivity contribution < 1.29 is 14.3 Å². The quantitative estimate of drug-likeness (QED) is 0.605. The van der Waals surface area contributed by atoms with Gasteiger partial charge >= 0.3 is 0 Å². The maximum Gasteiger partial charge on any atom is 0.272 e. The van der Waals surface area contributed by atoms with Gasteiger partial charge in [0.15, 0.2) is 11.9 Å². The molecule has 1 fully saturated rings. The average Bonchev–Trinajstić information content (AvgIpc) is 3.13. The molecule has 2 amide bonds. The van der Waals surface area contributed by atoms with Gasteiger partial charge in [0.25, 0.3) is 5.91 Å². The molecule has 0 saturated heterocycles. The number of nitrogens with zero attached hydrogens (tertiary/aromatic N) is 5. The number of amides is 2. The normalized spacial score (nSPS) is 20.6. The van der Waals surface area contributed by atoms with Crippen LogP contribution in [0.25, 0.3) is 5.82 Å². The molecule has 154 valence electrons. The van der Waals surface area contributed by atoms with Gasteiger partial charge in [-0.1, -0.05) is 20.8 Å². The third-order valence-electron chi connectivity index (χ3n) is 5.69. The van der Waals surface area contributed by atoms with Gasteiger partial charge in [-0.2, -0.15) is 9.83 Å². The number of hydrogen-bond donors (Lipinski definition) is 1. The number of fused-ring (bicyclic) bond motifs is 3. The largest absolute Gasteiger partial charge is 0.619 e. The second-order valence-corrected chi connectivity index (χ2v) is 9.21. The van der Waals surface area contributed by atoms with E-state index in [4.69, 9.17) is 0 Å². The van der Waals surface area contributed by atoms with Gasteiger partial charge in [-0.3, -0.25) is 9.59 Å². The summed E-state index contributed by atoms with van der Waals surface area (Å²) in [5.41, 5.74) is 1.72. The summed E-state index contributed by atoms with van der Waals surface area (Å²) in [5, 5.41) is 19.1. The molecule has 2 aromatic heterocycles. The lowest BCUT2D eigenvalue weighted by Crippen LogP contribution is -2.53. The second kappa shape index (κ2) is 6.53. The van der Waals surface area contributed by atoms with Crippen molar-refractivity contribution in [2.24, 2.45) is 11.3 Å². The van der Waals surface area contributed by atoms with Crippen LogP contribution in [0, 0.1) is 16.5 Å². The van der Waals surface area contributed by atoms with Crippen molar-refractivity contribution in [3.63, 3.8) is 0 Å². The zero-order valence-corrected chi connectivity index (χ0v) is 17.3. The van der Waals surface area contributed by atoms with Crippen LogP contribution in [0.15, 0.2) is 18.6 Å². The average molecular weight is 398 g/mol. The fourth-order valence-electron chi connectivity index (χ4n) is 4.05. The molecule has 2 aliphatic rings. The summed E-state index contributed by atoms with van der Waals surface area (Å²) in [7, 11) is 3.35. The number of rotatable bonds is 4. The molecule has 0 radical (unpaired) electrons. The molecule has 1 saturated carbocycles. The van der Waals surface area contributed by atoms with Crippen molar-refractivity contribution >= 4 is 11.8 Å². The Kier molecular flexibility index (Phi) is 4.36. The van der Waals surface area contributed by atoms with Gasteiger partial charge in [-0.25, -0.2) is 9.67 Å². The summed E-state index contributed by atoms with van der Waals surface area (Å²) in [5.74, 6) is 0.722. The summed E-state index contributed by atoms with van der Waals surface area (Å²) >= 11 is 0. The molecule has 2 heterocycles. The molecule has 29 heavy (non-hydrogen) atoms. The molecule has 0 aromatic carbocycles. The molecule has 0 spiro atoms. The lowest BCUT2D eigenvalue weighted by Gasteiger charge is -2.32. The summed E-state index contributed by atoms with van der Waals surface area (Å²) in [6.45, 7) is 5.75. The molecule has 2 aromatic rings. The number of carbonyl (C=O) groups excluding carboxylic acids is 2. The Morgan fingerprint density at radius 2 is 2.10 bits per heavy atom. The van der Waals surface area contributed by atoms with Gasteiger partial charge in [0.1, 0.15) is 6.04 Å². The van der Waals surface area contributed by atoms with Crippen LogP contribution in [0.1, 0.15) is 54.9 Å². The molecule has 9 nitrogen and oxygen atoms in total. The minimum Gasteiger partial charge on any atom is -0.619 e. The third-order valence-corrected chi connectivity index (χ3v) is 5.69. The van der Waals surface area contributed by atoms with Crippen molar-refractivity contribution in [2.75, 3.05) is 14.1 Å². The zero-order chi connectivity index (χ0) is 21.1. The fraction of sp³-hybridized carbons (Fsp3) is 0.550. The van der Waals surface area contributed by atoms with E-state index in [0.717, 1.165) is 24.1 Å². The van der Waals surface area contributed by atoms with E-state index < -0.39 is 11.5 Å². The summed E-state index contributed by atoms with van der Waals surface area (Å²) < 4.78 is 2.29. The predicted molar refractivity (Wildman–Crippen MR) is 104 cm³/mol. The Bertz CT molecular complexity index is 991. The van der Waals surface area contributed by atoms with Crippen molar-refractivity contribution in [1.82, 2.24) is 25.0 Å². The van der Waals surface area contributed by atoms with E-state index in [9.17, 15) is 14.8 Å². The smallest absolute Gasteiger partial charge is 0.272 e. The Morgan fingerprint density at radius 3 is 2.72 bits per heavy atom. The Labute approximate surface area is 169 Å². The first-order valence-corrected chi connectivity index (χ1v) is 9.77. The number of hydrogen-bond acceptors (Lipinski definition) is 5. The fourth-order valence-corrected chi connectivity index (χ4v) is 4.05. The van der Waals surface area contributed by atoms with Crippen LogP contribution in [-0.4, -0.2) is 51.6 Å². The van der Waals surface area contributed by atoms with E-state index in [0.29, 0.717) is 28.1 Å². The highest BCUT2D eigenvalue weighted by molar-refractivity contribution is 5.98. The number of aromatic nitrogens is 4. The molecule has 0 bridgehead atoms. The first kappa shape index (κ1) is 19.4. The zero-order valence-electron chi connectivity index (χ0n) is 17.3. The maximum absolute atomic E-state index is 13.2. The van der Waals surface area contributed by atoms with E-state index >= 15 is 0 Å². The Hall–Kier alpha value is -2.97. The van der Waals surface area contributed by atoms with Crippen LogP contribution in [0.4, 0.5) is 0 Å². The summed E-state index contributed by atoms with van der Waals surface area (Å²) in [6.07, 6.45) is 5.92. The SMILES string of the molecule is CN(C)C(=O)[C@@H](NC(=O)c1nn(-c2c[n+]([O-])ccn2)c2c1C[C@H]1C[C@@H]21)C(C)(C)C. The number of carbonyl (C=O) groups is 2. The molecule has 2 aliphatic carbocycles. The molecule has 0 aliphatic heterocycles. The minimum absolute atomic E-state index is 0.165. The second-order valence-electron chi connectivity index (χ2n) is 9.21. The first-order valence-electron chi connectivity index (χ1n) is 9.77. The summed E-state index contributed by atoms with van der Waals surface area (Å²) in [4.78, 5) is 31.6. The van der Waals surface area contributed by atoms with Crippen LogP contribution in [0.5, 0.6) is 0 Å². The minimum atomic E-state index is -0.680. The Balaban J connectivity index is 1.71. The predicted octanol–water partition coefficient (Wildman–Crippen LogP) is 0.793. The van der Waals surface area contributed by atoms with Gasteiger partial charge in [-0.05, 0) is 24.2 Å². The van der Waals surface area contributed by atoms with E-state index in [1.807, 2.05) is 20.8 Å². The van der Waals surface area contributed by atoms with Gasteiger partial charge < -0.3 is 15.4 Å². The van der Waals surface area contributed by atoms with Crippen LogP contribution < -0.4 is 10.0 Å². The standard InChI is InChI=1S/C20H26N6O3/c1-20(2,3)17(19(28)24(4)5)22-18(27)15-13-9-11-8-12(11)16(13)26(23-15)14-10-25(29)7-6-21-14/h6-7,10-12,17H,8-9H2,1-5H3,(H,22,27)/t11-,12-,17-/m1/s1. The van der Waals surface area contributed by atoms with Crippen molar-refractivity contribution in [3.05, 3.63) is 40.7 Å². The molecule has 1 N–H and O–H groups in total. The highest BCUT2D eigenvalue weighted by Gasteiger charge is 2.50. The van der Waals surface area contributed by atoms with Crippen LogP contribution in [-0.2, 0) is 11.2 Å². The molecule has 9 heteroatoms. The molecular weight excluding hydrogens is 372 g/mol. The highest BCUT2D eigenvalue weighted by atomic mass is 16.5. The summed E-state index contributed by atoms with van der Waals surface area (Å²) in [6, 6.07) is -0.680. The first-order chi connectivity index (χ1) is 13.6. The molecule has 4 rings (SSSR count). The monoisotopic (exact) mass is 398 g/mol. The molecule has 3 atom stereocenters. The van der Waals surface area contributed by atoms with Crippen LogP contribution in [0.2, 0.25) is 0 Å². The van der Waals surface area contributed by atoms with E-state index in [-0.39, 0.29) is 11.8 Å². The maximum atomic E-state index is 13.2. The van der Waals surface area contributed by atoms with E-state index in [1.54, 1.807) is 18.8 Å². The van der Waals surface area contributed by atoms with E-state index in [1.165, 1.54) is 23.5 Å². The lowest BCUT2D eigenvalue weighted by molar-refractivity contribution is -0.605. The van der Waals surface area contributed by atoms with Crippen molar-refractivity contribution in [3.8, 4) is 5.82 Å². The van der Waals surface area contributed by atoms with E-state index in [2.05, 4.69) is 15.4 Å². The van der Waals surface area contributed by atoms with Crippen molar-refractivity contribution in [1.29, 1.82) is 0 Å². The van der Waals surface area contributed by atoms with Gasteiger partial charge in [0.05, 0.1) is 11.9 Å². The lowest BCUT2D eigenvalue weighted by atomic mass is 9.85. The van der Waals surface area contributed by atoms with Gasteiger partial charge in [0.2, 0.25) is 17.9 Å². The third kappa shape index (κ3) is 3.34. The van der Waals surface area contributed by atoms with Gasteiger partial charge in [-0.15, -0.1) is 0 Å². The molecule has 0 unspecified atom stereocenters. The Morgan fingerprint density at radius 1 is 1.38 bits per heavy atom.